The molecular weight excluding hydrogens is 311 g/mol. The lowest BCUT2D eigenvalue weighted by atomic mass is 9.88. The van der Waals surface area contributed by atoms with Crippen molar-refractivity contribution in [2.45, 2.75) is 30.9 Å². The number of esters is 1. The average molecular weight is 318 g/mol. The fourth-order valence-corrected chi connectivity index (χ4v) is 1.09. The summed E-state index contributed by atoms with van der Waals surface area (Å²) in [7, 11) is 0. The van der Waals surface area contributed by atoms with Crippen LogP contribution >= 0.6 is 0 Å². The molecular formula is C9H7F9O2. The Balaban J connectivity index is 6.05. The molecule has 118 valence electrons. The van der Waals surface area contributed by atoms with Crippen molar-refractivity contribution in [3.63, 3.8) is 0 Å². The molecule has 0 saturated carbocycles. The van der Waals surface area contributed by atoms with Gasteiger partial charge >= 0.3 is 29.9 Å². The summed E-state index contributed by atoms with van der Waals surface area (Å²) in [6.45, 7) is 2.38. The summed E-state index contributed by atoms with van der Waals surface area (Å²) in [6.07, 6.45) is -13.6. The van der Waals surface area contributed by atoms with Crippen LogP contribution in [0.3, 0.4) is 0 Å². The van der Waals surface area contributed by atoms with E-state index in [1.807, 2.05) is 6.58 Å². The first-order chi connectivity index (χ1) is 8.64. The largest absolute Gasteiger partial charge is 0.463 e. The summed E-state index contributed by atoms with van der Waals surface area (Å²) >= 11 is 0. The van der Waals surface area contributed by atoms with Crippen LogP contribution in [-0.4, -0.2) is 36.5 Å². The Morgan fingerprint density at radius 1 is 0.950 bits per heavy atom. The fraction of sp³-hybridized carbons (Fsp3) is 0.667. The van der Waals surface area contributed by atoms with Gasteiger partial charge in [0.05, 0.1) is 12.2 Å². The molecule has 0 aromatic rings. The van der Waals surface area contributed by atoms with Gasteiger partial charge in [-0.2, -0.15) is 35.1 Å². The molecule has 0 radical (unpaired) electrons. The molecule has 2 nitrogen and oxygen atoms in total. The highest BCUT2D eigenvalue weighted by molar-refractivity contribution is 5.90. The van der Waals surface area contributed by atoms with Gasteiger partial charge < -0.3 is 4.74 Å². The van der Waals surface area contributed by atoms with Gasteiger partial charge in [-0.1, -0.05) is 6.58 Å². The SMILES string of the molecule is C=C(C(=O)OCC)C(F)(C(F)(F)F)C(F)(F)C(F)(F)F. The number of carbonyl (C=O) groups excluding carboxylic acids is 1. The van der Waals surface area contributed by atoms with Crippen LogP contribution in [0, 0.1) is 0 Å². The van der Waals surface area contributed by atoms with Crippen LogP contribution in [0.2, 0.25) is 0 Å². The van der Waals surface area contributed by atoms with Gasteiger partial charge in [-0.25, -0.2) is 9.18 Å². The van der Waals surface area contributed by atoms with Crippen molar-refractivity contribution < 1.29 is 49.0 Å². The summed E-state index contributed by atoms with van der Waals surface area (Å²) in [5, 5.41) is 0. The van der Waals surface area contributed by atoms with E-state index in [9.17, 15) is 44.3 Å². The third-order valence-corrected chi connectivity index (χ3v) is 2.12. The van der Waals surface area contributed by atoms with Gasteiger partial charge in [-0.05, 0) is 6.92 Å². The predicted molar refractivity (Wildman–Crippen MR) is 46.7 cm³/mol. The topological polar surface area (TPSA) is 26.3 Å². The van der Waals surface area contributed by atoms with E-state index in [2.05, 4.69) is 4.74 Å². The highest BCUT2D eigenvalue weighted by atomic mass is 19.4. The monoisotopic (exact) mass is 318 g/mol. The molecule has 0 rings (SSSR count). The molecule has 0 aliphatic carbocycles. The van der Waals surface area contributed by atoms with Crippen LogP contribution < -0.4 is 0 Å². The van der Waals surface area contributed by atoms with Crippen LogP contribution in [0.25, 0.3) is 0 Å². The predicted octanol–water partition coefficient (Wildman–Crippen LogP) is 3.57. The van der Waals surface area contributed by atoms with Crippen molar-refractivity contribution in [2.75, 3.05) is 6.61 Å². The lowest BCUT2D eigenvalue weighted by molar-refractivity contribution is -0.372. The standard InChI is InChI=1S/C9H7F9O2/c1-3-20-5(19)4(2)6(10,8(13,14)15)7(11,12)9(16,17)18/h2-3H2,1H3. The smallest absolute Gasteiger partial charge is 0.457 e. The second-order valence-corrected chi connectivity index (χ2v) is 3.43. The third-order valence-electron chi connectivity index (χ3n) is 2.12. The molecule has 0 amide bonds. The van der Waals surface area contributed by atoms with Gasteiger partial charge in [0.1, 0.15) is 0 Å². The zero-order valence-corrected chi connectivity index (χ0v) is 9.63. The third kappa shape index (κ3) is 2.70. The Hall–Kier alpha value is -1.42. The molecule has 0 bridgehead atoms. The molecule has 0 aliphatic rings. The minimum atomic E-state index is -6.91. The maximum Gasteiger partial charge on any atom is 0.457 e. The first-order valence-corrected chi connectivity index (χ1v) is 4.71. The van der Waals surface area contributed by atoms with Crippen molar-refractivity contribution in [3.8, 4) is 0 Å². The van der Waals surface area contributed by atoms with Crippen LogP contribution in [-0.2, 0) is 9.53 Å². The van der Waals surface area contributed by atoms with Crippen molar-refractivity contribution >= 4 is 5.97 Å². The summed E-state index contributed by atoms with van der Waals surface area (Å²) in [6, 6.07) is 0. The summed E-state index contributed by atoms with van der Waals surface area (Å²) in [4.78, 5) is 10.8. The number of carbonyl (C=O) groups is 1. The van der Waals surface area contributed by atoms with Gasteiger partial charge in [-0.15, -0.1) is 0 Å². The van der Waals surface area contributed by atoms with E-state index < -0.39 is 42.1 Å². The quantitative estimate of drug-likeness (QED) is 0.450. The van der Waals surface area contributed by atoms with Crippen LogP contribution in [0.5, 0.6) is 0 Å². The van der Waals surface area contributed by atoms with Gasteiger partial charge in [0.25, 0.3) is 0 Å². The van der Waals surface area contributed by atoms with E-state index in [0.29, 0.717) is 0 Å². The Bertz CT molecular complexity index is 395. The number of hydrogen-bond acceptors (Lipinski definition) is 2. The van der Waals surface area contributed by atoms with Gasteiger partial charge in [0.2, 0.25) is 0 Å². The van der Waals surface area contributed by atoms with E-state index in [4.69, 9.17) is 0 Å². The Kier molecular flexibility index (Phi) is 4.80. The van der Waals surface area contributed by atoms with E-state index in [1.165, 1.54) is 0 Å². The maximum absolute atomic E-state index is 13.5. The Morgan fingerprint density at radius 3 is 1.60 bits per heavy atom. The van der Waals surface area contributed by atoms with Crippen LogP contribution in [0.15, 0.2) is 12.2 Å². The second kappa shape index (κ2) is 5.17. The number of hydrogen-bond donors (Lipinski definition) is 0. The summed E-state index contributed by atoms with van der Waals surface area (Å²) in [5.74, 6) is -9.27. The average Bonchev–Trinajstić information content (AvgIpc) is 2.23. The lowest BCUT2D eigenvalue weighted by Crippen LogP contribution is -2.64. The maximum atomic E-state index is 13.5. The highest BCUT2D eigenvalue weighted by Crippen LogP contribution is 2.55. The van der Waals surface area contributed by atoms with E-state index >= 15 is 0 Å². The molecule has 20 heavy (non-hydrogen) atoms. The zero-order valence-electron chi connectivity index (χ0n) is 9.63. The normalized spacial score (nSPS) is 16.5. The molecule has 0 N–H and O–H groups in total. The molecule has 0 aromatic carbocycles. The fourth-order valence-electron chi connectivity index (χ4n) is 1.09. The van der Waals surface area contributed by atoms with E-state index in [0.717, 1.165) is 6.92 Å². The van der Waals surface area contributed by atoms with Crippen molar-refractivity contribution in [2.24, 2.45) is 0 Å². The number of ether oxygens (including phenoxy) is 1. The summed E-state index contributed by atoms with van der Waals surface area (Å²) < 4.78 is 116. The summed E-state index contributed by atoms with van der Waals surface area (Å²) in [5.41, 5.74) is -9.01. The van der Waals surface area contributed by atoms with E-state index in [-0.39, 0.29) is 0 Å². The van der Waals surface area contributed by atoms with Crippen LogP contribution in [0.4, 0.5) is 39.5 Å². The van der Waals surface area contributed by atoms with Crippen LogP contribution in [0.1, 0.15) is 6.92 Å². The van der Waals surface area contributed by atoms with Crippen molar-refractivity contribution in [1.29, 1.82) is 0 Å². The number of alkyl halides is 9. The van der Waals surface area contributed by atoms with Crippen molar-refractivity contribution in [3.05, 3.63) is 12.2 Å². The van der Waals surface area contributed by atoms with Gasteiger partial charge in [0.15, 0.2) is 0 Å². The lowest BCUT2D eigenvalue weighted by Gasteiger charge is -2.36. The molecule has 0 fully saturated rings. The molecule has 11 heteroatoms. The number of halogens is 9. The second-order valence-electron chi connectivity index (χ2n) is 3.43. The number of rotatable bonds is 4. The minimum absolute atomic E-state index is 0.677. The molecule has 0 spiro atoms. The molecule has 0 aliphatic heterocycles. The molecule has 1 unspecified atom stereocenters. The molecule has 0 aromatic heterocycles. The minimum Gasteiger partial charge on any atom is -0.463 e. The Labute approximate surface area is 106 Å². The highest BCUT2D eigenvalue weighted by Gasteiger charge is 2.83. The molecule has 0 saturated heterocycles. The Morgan fingerprint density at radius 2 is 1.35 bits per heavy atom. The van der Waals surface area contributed by atoms with Gasteiger partial charge in [0, 0.05) is 0 Å². The van der Waals surface area contributed by atoms with E-state index in [1.54, 1.807) is 0 Å². The molecule has 1 atom stereocenters. The van der Waals surface area contributed by atoms with Crippen molar-refractivity contribution in [1.82, 2.24) is 0 Å². The van der Waals surface area contributed by atoms with Gasteiger partial charge in [-0.3, -0.25) is 0 Å². The molecule has 0 heterocycles. The first kappa shape index (κ1) is 18.6. The zero-order chi connectivity index (χ0) is 16.6. The first-order valence-electron chi connectivity index (χ1n) is 4.71.